The van der Waals surface area contributed by atoms with E-state index in [2.05, 4.69) is 10.3 Å². The van der Waals surface area contributed by atoms with E-state index in [-0.39, 0.29) is 17.4 Å². The maximum Gasteiger partial charge on any atom is 0.339 e. The van der Waals surface area contributed by atoms with Gasteiger partial charge in [-0.3, -0.25) is 0 Å². The molecule has 0 aliphatic heterocycles. The highest BCUT2D eigenvalue weighted by Gasteiger charge is 2.13. The van der Waals surface area contributed by atoms with Crippen molar-refractivity contribution in [2.24, 2.45) is 0 Å². The number of carboxylic acids is 1. The summed E-state index contributed by atoms with van der Waals surface area (Å²) >= 11 is 0. The van der Waals surface area contributed by atoms with Gasteiger partial charge in [-0.15, -0.1) is 0 Å². The number of carboxylic acid groups (broad SMARTS) is 1. The van der Waals surface area contributed by atoms with Crippen LogP contribution < -0.4 is 5.32 Å². The summed E-state index contributed by atoms with van der Waals surface area (Å²) in [5.41, 5.74) is 0.958. The zero-order valence-electron chi connectivity index (χ0n) is 10.3. The highest BCUT2D eigenvalue weighted by atomic mass is 19.1. The molecule has 1 unspecified atom stereocenters. The predicted molar refractivity (Wildman–Crippen MR) is 69.6 cm³/mol. The van der Waals surface area contributed by atoms with Crippen molar-refractivity contribution in [3.63, 3.8) is 0 Å². The van der Waals surface area contributed by atoms with Crippen LogP contribution in [0.25, 0.3) is 0 Å². The van der Waals surface area contributed by atoms with Gasteiger partial charge in [0.25, 0.3) is 0 Å². The van der Waals surface area contributed by atoms with Gasteiger partial charge in [-0.2, -0.15) is 0 Å². The largest absolute Gasteiger partial charge is 0.478 e. The number of halogens is 1. The molecule has 4 nitrogen and oxygen atoms in total. The fraction of sp³-hybridized carbons (Fsp3) is 0.143. The van der Waals surface area contributed by atoms with Crippen LogP contribution >= 0.6 is 0 Å². The van der Waals surface area contributed by atoms with Gasteiger partial charge >= 0.3 is 5.97 Å². The van der Waals surface area contributed by atoms with Crippen LogP contribution in [0, 0.1) is 5.82 Å². The van der Waals surface area contributed by atoms with Crippen LogP contribution in [-0.2, 0) is 0 Å². The maximum atomic E-state index is 12.8. The summed E-state index contributed by atoms with van der Waals surface area (Å²) in [6, 6.07) is 8.90. The predicted octanol–water partition coefficient (Wildman–Crippen LogP) is 3.09. The van der Waals surface area contributed by atoms with Gasteiger partial charge in [-0.1, -0.05) is 12.1 Å². The Bertz CT molecular complexity index is 584. The molecule has 98 valence electrons. The highest BCUT2D eigenvalue weighted by molar-refractivity contribution is 5.93. The molecule has 0 spiro atoms. The van der Waals surface area contributed by atoms with Crippen molar-refractivity contribution < 1.29 is 14.3 Å². The van der Waals surface area contributed by atoms with Gasteiger partial charge < -0.3 is 10.4 Å². The number of hydrogen-bond acceptors (Lipinski definition) is 3. The number of anilines is 1. The van der Waals surface area contributed by atoms with Crippen LogP contribution in [0.1, 0.15) is 28.9 Å². The van der Waals surface area contributed by atoms with Gasteiger partial charge in [0.05, 0.1) is 0 Å². The summed E-state index contributed by atoms with van der Waals surface area (Å²) in [7, 11) is 0. The fourth-order valence-corrected chi connectivity index (χ4v) is 1.73. The van der Waals surface area contributed by atoms with Crippen LogP contribution in [0.3, 0.4) is 0 Å². The van der Waals surface area contributed by atoms with E-state index in [1.165, 1.54) is 24.4 Å². The maximum absolute atomic E-state index is 12.8. The standard InChI is InChI=1S/C14H13FN2O2/c1-9(10-4-6-11(15)7-5-10)17-13-12(14(18)19)3-2-8-16-13/h2-9H,1H3,(H,16,17)(H,18,19). The number of benzene rings is 1. The first-order valence-electron chi connectivity index (χ1n) is 5.78. The summed E-state index contributed by atoms with van der Waals surface area (Å²) in [5, 5.41) is 12.1. The van der Waals surface area contributed by atoms with Gasteiger partial charge in [-0.05, 0) is 36.8 Å². The molecule has 0 aliphatic rings. The number of nitrogens with zero attached hydrogens (tertiary/aromatic N) is 1. The van der Waals surface area contributed by atoms with E-state index in [0.29, 0.717) is 5.82 Å². The molecule has 2 aromatic rings. The highest BCUT2D eigenvalue weighted by Crippen LogP contribution is 2.20. The van der Waals surface area contributed by atoms with Crippen molar-refractivity contribution >= 4 is 11.8 Å². The molecule has 0 bridgehead atoms. The summed E-state index contributed by atoms with van der Waals surface area (Å²) in [5.74, 6) is -1.05. The second-order valence-corrected chi connectivity index (χ2v) is 4.12. The first-order valence-corrected chi connectivity index (χ1v) is 5.78. The monoisotopic (exact) mass is 260 g/mol. The van der Waals surface area contributed by atoms with E-state index in [4.69, 9.17) is 5.11 Å². The van der Waals surface area contributed by atoms with E-state index >= 15 is 0 Å². The lowest BCUT2D eigenvalue weighted by Crippen LogP contribution is -2.12. The minimum Gasteiger partial charge on any atom is -0.478 e. The molecule has 2 rings (SSSR count). The van der Waals surface area contributed by atoms with Crippen molar-refractivity contribution in [2.45, 2.75) is 13.0 Å². The molecule has 1 aromatic heterocycles. The Hall–Kier alpha value is -2.43. The molecule has 0 fully saturated rings. The molecule has 2 N–H and O–H groups in total. The second kappa shape index (κ2) is 5.48. The van der Waals surface area contributed by atoms with E-state index in [0.717, 1.165) is 5.56 Å². The smallest absolute Gasteiger partial charge is 0.339 e. The molecule has 0 radical (unpaired) electrons. The Kier molecular flexibility index (Phi) is 3.75. The fourth-order valence-electron chi connectivity index (χ4n) is 1.73. The Morgan fingerprint density at radius 1 is 1.32 bits per heavy atom. The van der Waals surface area contributed by atoms with Crippen molar-refractivity contribution in [2.75, 3.05) is 5.32 Å². The van der Waals surface area contributed by atoms with Gasteiger partial charge in [0.15, 0.2) is 0 Å². The lowest BCUT2D eigenvalue weighted by Gasteiger charge is -2.16. The normalized spacial score (nSPS) is 11.9. The summed E-state index contributed by atoms with van der Waals surface area (Å²) in [4.78, 5) is 15.1. The van der Waals surface area contributed by atoms with E-state index < -0.39 is 5.97 Å². The molecule has 0 saturated carbocycles. The molecule has 1 heterocycles. The zero-order chi connectivity index (χ0) is 13.8. The number of carbonyl (C=O) groups is 1. The third kappa shape index (κ3) is 3.07. The van der Waals surface area contributed by atoms with Crippen molar-refractivity contribution in [3.8, 4) is 0 Å². The van der Waals surface area contributed by atoms with Crippen LogP contribution in [0.4, 0.5) is 10.2 Å². The average molecular weight is 260 g/mol. The van der Waals surface area contributed by atoms with Crippen LogP contribution in [0.2, 0.25) is 0 Å². The van der Waals surface area contributed by atoms with Gasteiger partial charge in [0.2, 0.25) is 0 Å². The topological polar surface area (TPSA) is 62.2 Å². The SMILES string of the molecule is CC(Nc1ncccc1C(=O)O)c1ccc(F)cc1. The van der Waals surface area contributed by atoms with Crippen molar-refractivity contribution in [1.82, 2.24) is 4.98 Å². The Balaban J connectivity index is 2.21. The molecule has 5 heteroatoms. The van der Waals surface area contributed by atoms with Crippen molar-refractivity contribution in [1.29, 1.82) is 0 Å². The second-order valence-electron chi connectivity index (χ2n) is 4.12. The number of aromatic nitrogens is 1. The summed E-state index contributed by atoms with van der Waals surface area (Å²) in [6.45, 7) is 1.85. The average Bonchev–Trinajstić information content (AvgIpc) is 2.39. The minimum atomic E-state index is -1.04. The number of pyridine rings is 1. The third-order valence-corrected chi connectivity index (χ3v) is 2.76. The molecular formula is C14H13FN2O2. The lowest BCUT2D eigenvalue weighted by atomic mass is 10.1. The molecule has 19 heavy (non-hydrogen) atoms. The first-order chi connectivity index (χ1) is 9.08. The molecule has 0 saturated heterocycles. The number of hydrogen-bond donors (Lipinski definition) is 2. The third-order valence-electron chi connectivity index (χ3n) is 2.76. The first kappa shape index (κ1) is 13.0. The van der Waals surface area contributed by atoms with Crippen molar-refractivity contribution in [3.05, 3.63) is 59.5 Å². The Morgan fingerprint density at radius 2 is 2.00 bits per heavy atom. The molecule has 0 amide bonds. The van der Waals surface area contributed by atoms with E-state index in [9.17, 15) is 9.18 Å². The molecule has 1 atom stereocenters. The summed E-state index contributed by atoms with van der Waals surface area (Å²) < 4.78 is 12.8. The minimum absolute atomic E-state index is 0.108. The number of rotatable bonds is 4. The molecule has 0 aliphatic carbocycles. The Morgan fingerprint density at radius 3 is 2.63 bits per heavy atom. The van der Waals surface area contributed by atoms with Gasteiger partial charge in [0, 0.05) is 12.2 Å². The molecular weight excluding hydrogens is 247 g/mol. The zero-order valence-corrected chi connectivity index (χ0v) is 10.3. The van der Waals surface area contributed by atoms with Gasteiger partial charge in [0.1, 0.15) is 17.2 Å². The van der Waals surface area contributed by atoms with Gasteiger partial charge in [-0.25, -0.2) is 14.2 Å². The van der Waals surface area contributed by atoms with Crippen LogP contribution in [-0.4, -0.2) is 16.1 Å². The number of nitrogens with one attached hydrogen (secondary N) is 1. The molecule has 1 aromatic carbocycles. The Labute approximate surface area is 109 Å². The van der Waals surface area contributed by atoms with Crippen LogP contribution in [0.5, 0.6) is 0 Å². The van der Waals surface area contributed by atoms with Crippen LogP contribution in [0.15, 0.2) is 42.6 Å². The van der Waals surface area contributed by atoms with E-state index in [1.54, 1.807) is 18.2 Å². The van der Waals surface area contributed by atoms with E-state index in [1.807, 2.05) is 6.92 Å². The quantitative estimate of drug-likeness (QED) is 0.886. The lowest BCUT2D eigenvalue weighted by molar-refractivity contribution is 0.0697. The number of aromatic carboxylic acids is 1. The summed E-state index contributed by atoms with van der Waals surface area (Å²) in [6.07, 6.45) is 1.52.